The molecule has 1 heterocycles. The molecular formula is C24H28ClN5O. The number of halogens is 1. The Morgan fingerprint density at radius 1 is 1.06 bits per heavy atom. The third-order valence-electron chi connectivity index (χ3n) is 5.96. The van der Waals surface area contributed by atoms with Crippen molar-refractivity contribution in [3.05, 3.63) is 53.6 Å². The second kappa shape index (κ2) is 9.52. The summed E-state index contributed by atoms with van der Waals surface area (Å²) in [5.74, 6) is 2.10. The molecule has 0 unspecified atom stereocenters. The monoisotopic (exact) mass is 437 g/mol. The van der Waals surface area contributed by atoms with Gasteiger partial charge in [0.05, 0.1) is 5.52 Å². The average Bonchev–Trinajstić information content (AvgIpc) is 2.76. The van der Waals surface area contributed by atoms with Crippen LogP contribution in [-0.2, 0) is 4.79 Å². The maximum Gasteiger partial charge on any atom is 0.225 e. The van der Waals surface area contributed by atoms with E-state index in [2.05, 4.69) is 10.6 Å². The van der Waals surface area contributed by atoms with Gasteiger partial charge in [0.15, 0.2) is 0 Å². The van der Waals surface area contributed by atoms with Crippen LogP contribution in [0.5, 0.6) is 0 Å². The molecule has 0 spiro atoms. The third-order valence-corrected chi connectivity index (χ3v) is 6.21. The Kier molecular flexibility index (Phi) is 6.56. The van der Waals surface area contributed by atoms with Crippen LogP contribution in [0.25, 0.3) is 10.9 Å². The van der Waals surface area contributed by atoms with Crippen molar-refractivity contribution in [2.24, 2.45) is 5.92 Å². The highest BCUT2D eigenvalue weighted by molar-refractivity contribution is 6.30. The molecule has 162 valence electrons. The minimum atomic E-state index is 0.130. The molecule has 0 bridgehead atoms. The molecule has 0 saturated heterocycles. The van der Waals surface area contributed by atoms with Crippen LogP contribution in [-0.4, -0.2) is 40.4 Å². The van der Waals surface area contributed by atoms with Crippen molar-refractivity contribution < 1.29 is 4.79 Å². The summed E-state index contributed by atoms with van der Waals surface area (Å²) in [6.07, 6.45) is 4.29. The van der Waals surface area contributed by atoms with Gasteiger partial charge < -0.3 is 15.5 Å². The Morgan fingerprint density at radius 2 is 1.77 bits per heavy atom. The molecule has 6 nitrogen and oxygen atoms in total. The van der Waals surface area contributed by atoms with Crippen molar-refractivity contribution in [2.45, 2.75) is 38.6 Å². The summed E-state index contributed by atoms with van der Waals surface area (Å²) in [6.45, 7) is 2.46. The molecule has 1 aromatic heterocycles. The van der Waals surface area contributed by atoms with Crippen LogP contribution in [0.2, 0.25) is 5.02 Å². The third kappa shape index (κ3) is 5.44. The molecule has 0 aliphatic heterocycles. The molecule has 31 heavy (non-hydrogen) atoms. The lowest BCUT2D eigenvalue weighted by Gasteiger charge is -2.31. The van der Waals surface area contributed by atoms with Crippen LogP contribution in [0.1, 0.15) is 32.6 Å². The Hall–Kier alpha value is -2.86. The summed E-state index contributed by atoms with van der Waals surface area (Å²) >= 11 is 6.01. The van der Waals surface area contributed by atoms with Gasteiger partial charge in [-0.15, -0.1) is 0 Å². The smallest absolute Gasteiger partial charge is 0.225 e. The fourth-order valence-electron chi connectivity index (χ4n) is 4.09. The Morgan fingerprint density at radius 3 is 2.48 bits per heavy atom. The number of rotatable bonds is 6. The van der Waals surface area contributed by atoms with Gasteiger partial charge in [0, 0.05) is 42.7 Å². The van der Waals surface area contributed by atoms with Gasteiger partial charge >= 0.3 is 0 Å². The fraction of sp³-hybridized carbons (Fsp3) is 0.375. The van der Waals surface area contributed by atoms with Gasteiger partial charge in [0.25, 0.3) is 0 Å². The van der Waals surface area contributed by atoms with E-state index in [1.54, 1.807) is 6.92 Å². The van der Waals surface area contributed by atoms with Crippen molar-refractivity contribution in [3.63, 3.8) is 0 Å². The minimum Gasteiger partial charge on any atom is -0.351 e. The van der Waals surface area contributed by atoms with Gasteiger partial charge in [-0.3, -0.25) is 4.79 Å². The number of fused-ring (bicyclic) bond motifs is 1. The lowest BCUT2D eigenvalue weighted by Crippen LogP contribution is -2.34. The van der Waals surface area contributed by atoms with Crippen LogP contribution in [0, 0.1) is 5.92 Å². The Balaban J connectivity index is 1.47. The maximum atomic E-state index is 11.5. The summed E-state index contributed by atoms with van der Waals surface area (Å²) in [6, 6.07) is 15.9. The van der Waals surface area contributed by atoms with E-state index in [0.717, 1.165) is 54.6 Å². The van der Waals surface area contributed by atoms with Crippen LogP contribution in [0.15, 0.2) is 48.5 Å². The van der Waals surface area contributed by atoms with E-state index in [1.807, 2.05) is 60.5 Å². The van der Waals surface area contributed by atoms with E-state index in [-0.39, 0.29) is 5.91 Å². The highest BCUT2D eigenvalue weighted by Crippen LogP contribution is 2.29. The number of para-hydroxylation sites is 1. The van der Waals surface area contributed by atoms with Crippen molar-refractivity contribution in [1.82, 2.24) is 14.9 Å². The number of amides is 1. The fourth-order valence-corrected chi connectivity index (χ4v) is 4.22. The van der Waals surface area contributed by atoms with Crippen LogP contribution in [0.4, 0.5) is 17.5 Å². The van der Waals surface area contributed by atoms with Crippen LogP contribution in [0.3, 0.4) is 0 Å². The summed E-state index contributed by atoms with van der Waals surface area (Å²) in [7, 11) is 1.88. The molecule has 1 amide bonds. The zero-order valence-electron chi connectivity index (χ0n) is 17.9. The molecule has 1 aliphatic carbocycles. The SMILES string of the molecule is CC(=O)N(C)C[C@H]1CC[C@H](Nc2nc(Nc3ccc(Cl)cc3)c3ccccc3n2)CC1. The van der Waals surface area contributed by atoms with Gasteiger partial charge in [0.1, 0.15) is 5.82 Å². The van der Waals surface area contributed by atoms with Gasteiger partial charge in [-0.2, -0.15) is 4.98 Å². The summed E-state index contributed by atoms with van der Waals surface area (Å²) in [4.78, 5) is 22.8. The number of aromatic nitrogens is 2. The van der Waals surface area contributed by atoms with Gasteiger partial charge in [-0.1, -0.05) is 23.7 Å². The number of carbonyl (C=O) groups is 1. The van der Waals surface area contributed by atoms with E-state index in [9.17, 15) is 4.79 Å². The molecule has 2 N–H and O–H groups in total. The maximum absolute atomic E-state index is 11.5. The number of nitrogens with one attached hydrogen (secondary N) is 2. The molecule has 2 aromatic carbocycles. The number of hydrogen-bond donors (Lipinski definition) is 2. The second-order valence-corrected chi connectivity index (χ2v) is 8.74. The van der Waals surface area contributed by atoms with Crippen molar-refractivity contribution >= 4 is 45.9 Å². The molecule has 3 aromatic rings. The van der Waals surface area contributed by atoms with Crippen molar-refractivity contribution in [3.8, 4) is 0 Å². The van der Waals surface area contributed by atoms with E-state index in [1.165, 1.54) is 0 Å². The highest BCUT2D eigenvalue weighted by atomic mass is 35.5. The first-order chi connectivity index (χ1) is 15.0. The lowest BCUT2D eigenvalue weighted by molar-refractivity contribution is -0.128. The zero-order valence-corrected chi connectivity index (χ0v) is 18.7. The second-order valence-electron chi connectivity index (χ2n) is 8.31. The largest absolute Gasteiger partial charge is 0.351 e. The predicted octanol–water partition coefficient (Wildman–Crippen LogP) is 5.48. The van der Waals surface area contributed by atoms with E-state index >= 15 is 0 Å². The topological polar surface area (TPSA) is 70.2 Å². The van der Waals surface area contributed by atoms with Gasteiger partial charge in [-0.05, 0) is 68.0 Å². The number of nitrogens with zero attached hydrogens (tertiary/aromatic N) is 3. The number of anilines is 3. The van der Waals surface area contributed by atoms with E-state index in [4.69, 9.17) is 21.6 Å². The van der Waals surface area contributed by atoms with Gasteiger partial charge in [0.2, 0.25) is 11.9 Å². The number of benzene rings is 2. The molecule has 7 heteroatoms. The first kappa shape index (κ1) is 21.4. The molecule has 0 atom stereocenters. The molecule has 1 aliphatic rings. The zero-order chi connectivity index (χ0) is 21.8. The quantitative estimate of drug-likeness (QED) is 0.534. The molecule has 0 radical (unpaired) electrons. The number of carbonyl (C=O) groups excluding carboxylic acids is 1. The van der Waals surface area contributed by atoms with E-state index < -0.39 is 0 Å². The average molecular weight is 438 g/mol. The molecular weight excluding hydrogens is 410 g/mol. The lowest BCUT2D eigenvalue weighted by atomic mass is 9.86. The summed E-state index contributed by atoms with van der Waals surface area (Å²) < 4.78 is 0. The normalized spacial score (nSPS) is 18.5. The summed E-state index contributed by atoms with van der Waals surface area (Å²) in [5.41, 5.74) is 1.82. The predicted molar refractivity (Wildman–Crippen MR) is 127 cm³/mol. The van der Waals surface area contributed by atoms with Crippen LogP contribution >= 0.6 is 11.6 Å². The van der Waals surface area contributed by atoms with Crippen molar-refractivity contribution in [2.75, 3.05) is 24.2 Å². The first-order valence-electron chi connectivity index (χ1n) is 10.8. The number of hydrogen-bond acceptors (Lipinski definition) is 5. The van der Waals surface area contributed by atoms with E-state index in [0.29, 0.717) is 22.9 Å². The standard InChI is InChI=1S/C24H28ClN5O/c1-16(31)30(2)15-17-7-11-20(12-8-17)27-24-28-22-6-4-3-5-21(22)23(29-24)26-19-13-9-18(25)10-14-19/h3-6,9-10,13-14,17,20H,7-8,11-12,15H2,1-2H3,(H2,26,27,28,29)/t17-,20-. The van der Waals surface area contributed by atoms with Gasteiger partial charge in [-0.25, -0.2) is 4.98 Å². The highest BCUT2D eigenvalue weighted by Gasteiger charge is 2.23. The Bertz CT molecular complexity index is 1050. The minimum absolute atomic E-state index is 0.130. The first-order valence-corrected chi connectivity index (χ1v) is 11.1. The summed E-state index contributed by atoms with van der Waals surface area (Å²) in [5, 5.41) is 8.62. The molecule has 1 fully saturated rings. The van der Waals surface area contributed by atoms with Crippen molar-refractivity contribution in [1.29, 1.82) is 0 Å². The molecule has 1 saturated carbocycles. The van der Waals surface area contributed by atoms with Crippen LogP contribution < -0.4 is 10.6 Å². The molecule has 4 rings (SSSR count). The Labute approximate surface area is 188 Å².